The minimum Gasteiger partial charge on any atom is -0.379 e. The van der Waals surface area contributed by atoms with E-state index in [1.807, 2.05) is 11.3 Å². The number of anilines is 1. The normalized spacial score (nSPS) is 17.1. The van der Waals surface area contributed by atoms with Gasteiger partial charge in [0.25, 0.3) is 0 Å². The highest BCUT2D eigenvalue weighted by molar-refractivity contribution is 7.16. The fourth-order valence-electron chi connectivity index (χ4n) is 3.32. The molecule has 0 amide bonds. The summed E-state index contributed by atoms with van der Waals surface area (Å²) < 4.78 is 5.38. The van der Waals surface area contributed by atoms with E-state index in [1.54, 1.807) is 0 Å². The number of hydrogen-bond acceptors (Lipinski definition) is 5. The van der Waals surface area contributed by atoms with Gasteiger partial charge in [-0.05, 0) is 31.5 Å². The van der Waals surface area contributed by atoms with Gasteiger partial charge in [0, 0.05) is 36.5 Å². The number of nitrogens with one attached hydrogen (secondary N) is 1. The summed E-state index contributed by atoms with van der Waals surface area (Å²) >= 11 is 1.81. The summed E-state index contributed by atoms with van der Waals surface area (Å²) in [4.78, 5) is 8.71. The van der Waals surface area contributed by atoms with Gasteiger partial charge in [-0.3, -0.25) is 4.90 Å². The molecule has 4 rings (SSSR count). The van der Waals surface area contributed by atoms with Gasteiger partial charge in [-0.1, -0.05) is 17.7 Å². The third-order valence-electron chi connectivity index (χ3n) is 4.60. The topological polar surface area (TPSA) is 37.4 Å². The first kappa shape index (κ1) is 15.1. The molecule has 1 aromatic carbocycles. The molecule has 1 fully saturated rings. The SMILES string of the molecule is Cc1ccc2c(c1)-c1nc(NCCCN3CCOCC3)sc1C2. The maximum atomic E-state index is 5.38. The zero-order chi connectivity index (χ0) is 15.6. The van der Waals surface area contributed by atoms with Gasteiger partial charge in [0.15, 0.2) is 5.13 Å². The van der Waals surface area contributed by atoms with Gasteiger partial charge in [0.1, 0.15) is 0 Å². The molecule has 4 nitrogen and oxygen atoms in total. The minimum absolute atomic E-state index is 0.880. The van der Waals surface area contributed by atoms with Crippen molar-refractivity contribution in [2.75, 3.05) is 44.7 Å². The third kappa shape index (κ3) is 3.27. The zero-order valence-electron chi connectivity index (χ0n) is 13.6. The Kier molecular flexibility index (Phi) is 4.33. The monoisotopic (exact) mass is 329 g/mol. The van der Waals surface area contributed by atoms with E-state index < -0.39 is 0 Å². The molecule has 1 aliphatic carbocycles. The van der Waals surface area contributed by atoms with Crippen LogP contribution in [-0.4, -0.2) is 49.3 Å². The van der Waals surface area contributed by atoms with Gasteiger partial charge in [-0.25, -0.2) is 4.98 Å². The van der Waals surface area contributed by atoms with E-state index in [0.717, 1.165) is 57.4 Å². The van der Waals surface area contributed by atoms with Crippen molar-refractivity contribution >= 4 is 16.5 Å². The van der Waals surface area contributed by atoms with Crippen LogP contribution < -0.4 is 5.32 Å². The van der Waals surface area contributed by atoms with E-state index in [0.29, 0.717) is 0 Å². The van der Waals surface area contributed by atoms with Crippen LogP contribution >= 0.6 is 11.3 Å². The summed E-state index contributed by atoms with van der Waals surface area (Å²) in [6.07, 6.45) is 2.19. The molecule has 2 aromatic rings. The summed E-state index contributed by atoms with van der Waals surface area (Å²) in [6, 6.07) is 6.71. The lowest BCUT2D eigenvalue weighted by Crippen LogP contribution is -2.37. The summed E-state index contributed by atoms with van der Waals surface area (Å²) in [5.74, 6) is 0. The highest BCUT2D eigenvalue weighted by atomic mass is 32.1. The van der Waals surface area contributed by atoms with E-state index in [4.69, 9.17) is 9.72 Å². The molecule has 5 heteroatoms. The van der Waals surface area contributed by atoms with Crippen molar-refractivity contribution in [3.8, 4) is 11.3 Å². The molecule has 0 bridgehead atoms. The lowest BCUT2D eigenvalue weighted by Gasteiger charge is -2.26. The van der Waals surface area contributed by atoms with Gasteiger partial charge in [-0.15, -0.1) is 11.3 Å². The number of benzene rings is 1. The average Bonchev–Trinajstić information content (AvgIpc) is 3.10. The van der Waals surface area contributed by atoms with Crippen molar-refractivity contribution in [1.29, 1.82) is 0 Å². The van der Waals surface area contributed by atoms with Gasteiger partial charge >= 0.3 is 0 Å². The fraction of sp³-hybridized carbons (Fsp3) is 0.500. The van der Waals surface area contributed by atoms with Gasteiger partial charge < -0.3 is 10.1 Å². The summed E-state index contributed by atoms with van der Waals surface area (Å²) in [5.41, 5.74) is 5.26. The van der Waals surface area contributed by atoms with Crippen LogP contribution in [0.3, 0.4) is 0 Å². The molecule has 1 saturated heterocycles. The van der Waals surface area contributed by atoms with Gasteiger partial charge in [0.05, 0.1) is 18.9 Å². The molecule has 1 N–H and O–H groups in total. The molecule has 2 heterocycles. The molecule has 0 spiro atoms. The lowest BCUT2D eigenvalue weighted by molar-refractivity contribution is 0.0378. The number of aromatic nitrogens is 1. The predicted molar refractivity (Wildman–Crippen MR) is 95.5 cm³/mol. The second-order valence-corrected chi connectivity index (χ2v) is 7.45. The first-order valence-electron chi connectivity index (χ1n) is 8.43. The smallest absolute Gasteiger partial charge is 0.183 e. The van der Waals surface area contributed by atoms with Crippen LogP contribution in [0, 0.1) is 6.92 Å². The largest absolute Gasteiger partial charge is 0.379 e. The van der Waals surface area contributed by atoms with Crippen molar-refractivity contribution in [3.05, 3.63) is 34.2 Å². The predicted octanol–water partition coefficient (Wildman–Crippen LogP) is 3.16. The Labute approximate surface area is 141 Å². The molecule has 0 unspecified atom stereocenters. The number of aryl methyl sites for hydroxylation is 1. The number of rotatable bonds is 5. The number of thiazole rings is 1. The van der Waals surface area contributed by atoms with Gasteiger partial charge in [0.2, 0.25) is 0 Å². The van der Waals surface area contributed by atoms with Crippen LogP contribution in [0.5, 0.6) is 0 Å². The van der Waals surface area contributed by atoms with E-state index in [-0.39, 0.29) is 0 Å². The van der Waals surface area contributed by atoms with Crippen LogP contribution in [-0.2, 0) is 11.2 Å². The maximum Gasteiger partial charge on any atom is 0.183 e. The number of ether oxygens (including phenoxy) is 1. The van der Waals surface area contributed by atoms with E-state index in [9.17, 15) is 0 Å². The maximum absolute atomic E-state index is 5.38. The van der Waals surface area contributed by atoms with Crippen LogP contribution in [0.15, 0.2) is 18.2 Å². The minimum atomic E-state index is 0.880. The summed E-state index contributed by atoms with van der Waals surface area (Å²) in [7, 11) is 0. The Balaban J connectivity index is 1.33. The Hall–Kier alpha value is -1.43. The van der Waals surface area contributed by atoms with E-state index in [2.05, 4.69) is 35.3 Å². The van der Waals surface area contributed by atoms with Crippen LogP contribution in [0.4, 0.5) is 5.13 Å². The molecule has 0 radical (unpaired) electrons. The second kappa shape index (κ2) is 6.59. The first-order valence-corrected chi connectivity index (χ1v) is 9.25. The van der Waals surface area contributed by atoms with Crippen LogP contribution in [0.2, 0.25) is 0 Å². The fourth-order valence-corrected chi connectivity index (χ4v) is 4.34. The Morgan fingerprint density at radius 3 is 3.04 bits per heavy atom. The number of morpholine rings is 1. The van der Waals surface area contributed by atoms with Crippen LogP contribution in [0.25, 0.3) is 11.3 Å². The Morgan fingerprint density at radius 1 is 1.30 bits per heavy atom. The second-order valence-electron chi connectivity index (χ2n) is 6.36. The lowest BCUT2D eigenvalue weighted by atomic mass is 10.1. The molecule has 23 heavy (non-hydrogen) atoms. The molecular weight excluding hydrogens is 306 g/mol. The number of hydrogen-bond donors (Lipinski definition) is 1. The third-order valence-corrected chi connectivity index (χ3v) is 5.61. The van der Waals surface area contributed by atoms with Crippen molar-refractivity contribution in [3.63, 3.8) is 0 Å². The summed E-state index contributed by atoms with van der Waals surface area (Å²) in [6.45, 7) is 8.18. The average molecular weight is 329 g/mol. The quantitative estimate of drug-likeness (QED) is 0.730. The molecule has 122 valence electrons. The van der Waals surface area contributed by atoms with Gasteiger partial charge in [-0.2, -0.15) is 0 Å². The van der Waals surface area contributed by atoms with Crippen molar-refractivity contribution in [2.24, 2.45) is 0 Å². The molecule has 0 saturated carbocycles. The Bertz CT molecular complexity index is 692. The Morgan fingerprint density at radius 2 is 2.17 bits per heavy atom. The molecule has 1 aromatic heterocycles. The number of nitrogens with zero attached hydrogens (tertiary/aromatic N) is 2. The highest BCUT2D eigenvalue weighted by Gasteiger charge is 2.23. The van der Waals surface area contributed by atoms with Crippen LogP contribution in [0.1, 0.15) is 22.4 Å². The van der Waals surface area contributed by atoms with E-state index in [1.165, 1.54) is 27.3 Å². The first-order chi connectivity index (χ1) is 11.3. The van der Waals surface area contributed by atoms with Crippen molar-refractivity contribution < 1.29 is 4.74 Å². The van der Waals surface area contributed by atoms with Crippen molar-refractivity contribution in [1.82, 2.24) is 9.88 Å². The molecule has 0 atom stereocenters. The zero-order valence-corrected chi connectivity index (χ0v) is 14.4. The molecular formula is C18H23N3OS. The standard InChI is InChI=1S/C18H23N3OS/c1-13-3-4-14-12-16-17(15(14)11-13)20-18(23-16)19-5-2-6-21-7-9-22-10-8-21/h3-4,11H,2,5-10,12H2,1H3,(H,19,20). The van der Waals surface area contributed by atoms with E-state index >= 15 is 0 Å². The summed E-state index contributed by atoms with van der Waals surface area (Å²) in [5, 5.41) is 4.58. The van der Waals surface area contributed by atoms with Crippen molar-refractivity contribution in [2.45, 2.75) is 19.8 Å². The molecule has 2 aliphatic rings. The number of fused-ring (bicyclic) bond motifs is 3. The molecule has 1 aliphatic heterocycles. The highest BCUT2D eigenvalue weighted by Crippen LogP contribution is 2.41.